The minimum absolute atomic E-state index is 0.240. The molecule has 1 aromatic carbocycles. The molecule has 6 heteroatoms. The summed E-state index contributed by atoms with van der Waals surface area (Å²) in [5, 5.41) is 0. The second-order valence-corrected chi connectivity index (χ2v) is 6.16. The molecule has 2 heterocycles. The largest absolute Gasteiger partial charge is 0.417 e. The van der Waals surface area contributed by atoms with Crippen LogP contribution in [0.3, 0.4) is 0 Å². The van der Waals surface area contributed by atoms with Crippen LogP contribution in [0.15, 0.2) is 27.4 Å². The molecule has 0 aliphatic carbocycles. The van der Waals surface area contributed by atoms with Crippen molar-refractivity contribution in [1.29, 1.82) is 0 Å². The van der Waals surface area contributed by atoms with E-state index in [1.54, 1.807) is 6.07 Å². The maximum Gasteiger partial charge on any atom is 0.417 e. The average Bonchev–Trinajstić information content (AvgIpc) is 2.85. The number of aromatic nitrogens is 1. The van der Waals surface area contributed by atoms with Gasteiger partial charge in [-0.2, -0.15) is 0 Å². The van der Waals surface area contributed by atoms with Gasteiger partial charge in [0.1, 0.15) is 0 Å². The molecule has 1 saturated heterocycles. The highest BCUT2D eigenvalue weighted by Gasteiger charge is 2.22. The molecule has 118 valence electrons. The fourth-order valence-corrected chi connectivity index (χ4v) is 2.83. The van der Waals surface area contributed by atoms with E-state index < -0.39 is 5.76 Å². The van der Waals surface area contributed by atoms with Crippen LogP contribution in [-0.2, 0) is 4.79 Å². The Morgan fingerprint density at radius 3 is 2.68 bits per heavy atom. The number of oxazole rings is 1. The lowest BCUT2D eigenvalue weighted by atomic mass is 10.1. The first kappa shape index (κ1) is 14.7. The van der Waals surface area contributed by atoms with E-state index in [0.717, 1.165) is 31.9 Å². The molecule has 3 rings (SSSR count). The van der Waals surface area contributed by atoms with E-state index in [1.165, 1.54) is 0 Å². The van der Waals surface area contributed by atoms with Crippen LogP contribution in [0.1, 0.15) is 20.3 Å². The Morgan fingerprint density at radius 2 is 2.00 bits per heavy atom. The molecule has 0 saturated carbocycles. The highest BCUT2D eigenvalue weighted by Crippen LogP contribution is 2.21. The van der Waals surface area contributed by atoms with Gasteiger partial charge in [0.2, 0.25) is 5.91 Å². The molecule has 0 spiro atoms. The van der Waals surface area contributed by atoms with Gasteiger partial charge in [-0.15, -0.1) is 0 Å². The molecule has 1 aromatic heterocycles. The third kappa shape index (κ3) is 3.00. The number of nitrogens with zero attached hydrogens (tertiary/aromatic N) is 2. The number of H-pyrrole nitrogens is 1. The lowest BCUT2D eigenvalue weighted by molar-refractivity contribution is -0.132. The van der Waals surface area contributed by atoms with Crippen LogP contribution in [0.5, 0.6) is 0 Å². The minimum Gasteiger partial charge on any atom is -0.408 e. The maximum atomic E-state index is 12.1. The van der Waals surface area contributed by atoms with E-state index >= 15 is 0 Å². The van der Waals surface area contributed by atoms with Gasteiger partial charge in [-0.05, 0) is 24.1 Å². The number of aromatic amines is 1. The summed E-state index contributed by atoms with van der Waals surface area (Å²) in [6, 6.07) is 5.68. The fourth-order valence-electron chi connectivity index (χ4n) is 2.83. The average molecular weight is 303 g/mol. The summed E-state index contributed by atoms with van der Waals surface area (Å²) in [5.41, 5.74) is 2.32. The normalized spacial score (nSPS) is 15.8. The van der Waals surface area contributed by atoms with Crippen LogP contribution in [0, 0.1) is 5.92 Å². The van der Waals surface area contributed by atoms with E-state index in [4.69, 9.17) is 4.42 Å². The SMILES string of the molecule is CC(C)CC(=O)N1CCN(c2ccc3oc(=O)[nH]c3c2)CC1. The number of carbonyl (C=O) groups excluding carboxylic acids is 1. The van der Waals surface area contributed by atoms with Gasteiger partial charge < -0.3 is 14.2 Å². The smallest absolute Gasteiger partial charge is 0.408 e. The number of hydrogen-bond donors (Lipinski definition) is 1. The van der Waals surface area contributed by atoms with Crippen molar-refractivity contribution in [1.82, 2.24) is 9.88 Å². The molecule has 2 aromatic rings. The molecule has 1 fully saturated rings. The van der Waals surface area contributed by atoms with Gasteiger partial charge in [-0.25, -0.2) is 4.79 Å². The van der Waals surface area contributed by atoms with Crippen molar-refractivity contribution in [2.24, 2.45) is 5.92 Å². The molecule has 6 nitrogen and oxygen atoms in total. The summed E-state index contributed by atoms with van der Waals surface area (Å²) >= 11 is 0. The van der Waals surface area contributed by atoms with Crippen molar-refractivity contribution in [3.05, 3.63) is 28.7 Å². The van der Waals surface area contributed by atoms with Crippen molar-refractivity contribution < 1.29 is 9.21 Å². The van der Waals surface area contributed by atoms with E-state index in [1.807, 2.05) is 17.0 Å². The Labute approximate surface area is 128 Å². The number of rotatable bonds is 3. The quantitative estimate of drug-likeness (QED) is 0.939. The summed E-state index contributed by atoms with van der Waals surface area (Å²) in [5.74, 6) is 0.200. The number of anilines is 1. The van der Waals surface area contributed by atoms with Gasteiger partial charge >= 0.3 is 5.76 Å². The van der Waals surface area contributed by atoms with E-state index in [-0.39, 0.29) is 5.91 Å². The van der Waals surface area contributed by atoms with E-state index in [9.17, 15) is 9.59 Å². The van der Waals surface area contributed by atoms with Gasteiger partial charge in [-0.3, -0.25) is 9.78 Å². The van der Waals surface area contributed by atoms with Crippen LogP contribution in [0.4, 0.5) is 5.69 Å². The van der Waals surface area contributed by atoms with E-state index in [2.05, 4.69) is 23.7 Å². The van der Waals surface area contributed by atoms with Crippen molar-refractivity contribution in [3.63, 3.8) is 0 Å². The molecule has 1 amide bonds. The van der Waals surface area contributed by atoms with Crippen LogP contribution < -0.4 is 10.7 Å². The number of amides is 1. The first-order valence-corrected chi connectivity index (χ1v) is 7.68. The Bertz CT molecular complexity index is 724. The summed E-state index contributed by atoms with van der Waals surface area (Å²) in [6.45, 7) is 7.22. The Morgan fingerprint density at radius 1 is 1.27 bits per heavy atom. The molecule has 0 bridgehead atoms. The number of fused-ring (bicyclic) bond motifs is 1. The first-order chi connectivity index (χ1) is 10.5. The topological polar surface area (TPSA) is 69.6 Å². The monoisotopic (exact) mass is 303 g/mol. The zero-order valence-electron chi connectivity index (χ0n) is 13.0. The van der Waals surface area contributed by atoms with Gasteiger partial charge in [0.05, 0.1) is 5.52 Å². The standard InChI is InChI=1S/C16H21N3O3/c1-11(2)9-15(20)19-7-5-18(6-8-19)12-3-4-14-13(10-12)17-16(21)22-14/h3-4,10-11H,5-9H2,1-2H3,(H,17,21). The zero-order valence-corrected chi connectivity index (χ0v) is 13.0. The number of hydrogen-bond acceptors (Lipinski definition) is 4. The Kier molecular flexibility index (Phi) is 3.92. The number of carbonyl (C=O) groups is 1. The third-order valence-corrected chi connectivity index (χ3v) is 3.98. The molecule has 0 radical (unpaired) electrons. The number of piperazine rings is 1. The second kappa shape index (κ2) is 5.87. The highest BCUT2D eigenvalue weighted by atomic mass is 16.4. The van der Waals surface area contributed by atoms with Crippen molar-refractivity contribution in [2.75, 3.05) is 31.1 Å². The van der Waals surface area contributed by atoms with E-state index in [0.29, 0.717) is 23.4 Å². The van der Waals surface area contributed by atoms with Crippen molar-refractivity contribution in [3.8, 4) is 0 Å². The lowest BCUT2D eigenvalue weighted by Gasteiger charge is -2.36. The summed E-state index contributed by atoms with van der Waals surface area (Å²) in [6.07, 6.45) is 0.613. The van der Waals surface area contributed by atoms with Gasteiger partial charge in [-0.1, -0.05) is 13.8 Å². The molecular weight excluding hydrogens is 282 g/mol. The van der Waals surface area contributed by atoms with Crippen LogP contribution in [0.2, 0.25) is 0 Å². The minimum atomic E-state index is -0.434. The molecule has 0 unspecified atom stereocenters. The Balaban J connectivity index is 1.67. The van der Waals surface area contributed by atoms with Crippen LogP contribution >= 0.6 is 0 Å². The summed E-state index contributed by atoms with van der Waals surface area (Å²) in [4.78, 5) is 30.1. The van der Waals surface area contributed by atoms with Crippen molar-refractivity contribution >= 4 is 22.7 Å². The van der Waals surface area contributed by atoms with Gasteiger partial charge in [0.15, 0.2) is 5.58 Å². The lowest BCUT2D eigenvalue weighted by Crippen LogP contribution is -2.49. The predicted octanol–water partition coefficient (Wildman–Crippen LogP) is 1.82. The molecule has 0 atom stereocenters. The van der Waals surface area contributed by atoms with Gasteiger partial charge in [0, 0.05) is 38.3 Å². The first-order valence-electron chi connectivity index (χ1n) is 7.68. The van der Waals surface area contributed by atoms with Crippen molar-refractivity contribution in [2.45, 2.75) is 20.3 Å². The molecule has 1 aliphatic rings. The number of benzene rings is 1. The van der Waals surface area contributed by atoms with Gasteiger partial charge in [0.25, 0.3) is 0 Å². The molecule has 1 N–H and O–H groups in total. The van der Waals surface area contributed by atoms with Crippen LogP contribution in [-0.4, -0.2) is 42.0 Å². The maximum absolute atomic E-state index is 12.1. The predicted molar refractivity (Wildman–Crippen MR) is 85.1 cm³/mol. The molecule has 22 heavy (non-hydrogen) atoms. The third-order valence-electron chi connectivity index (χ3n) is 3.98. The fraction of sp³-hybridized carbons (Fsp3) is 0.500. The summed E-state index contributed by atoms with van der Waals surface area (Å²) in [7, 11) is 0. The Hall–Kier alpha value is -2.24. The van der Waals surface area contributed by atoms with Crippen LogP contribution in [0.25, 0.3) is 11.1 Å². The highest BCUT2D eigenvalue weighted by molar-refractivity contribution is 5.78. The number of nitrogens with one attached hydrogen (secondary N) is 1. The molecule has 1 aliphatic heterocycles. The summed E-state index contributed by atoms with van der Waals surface area (Å²) < 4.78 is 5.01. The zero-order chi connectivity index (χ0) is 15.7. The second-order valence-electron chi connectivity index (χ2n) is 6.16. The molecular formula is C16H21N3O3.